The number of halogens is 1. The smallest absolute Gasteiger partial charge is 0.0471 e. The number of hydrogen-bond donors (Lipinski definition) is 1. The van der Waals surface area contributed by atoms with Crippen LogP contribution in [-0.2, 0) is 6.54 Å². The summed E-state index contributed by atoms with van der Waals surface area (Å²) in [5.74, 6) is 0. The molecule has 19 heavy (non-hydrogen) atoms. The van der Waals surface area contributed by atoms with Crippen LogP contribution in [-0.4, -0.2) is 19.1 Å². The van der Waals surface area contributed by atoms with E-state index in [-0.39, 0.29) is 0 Å². The van der Waals surface area contributed by atoms with E-state index in [0.29, 0.717) is 6.04 Å². The van der Waals surface area contributed by atoms with Crippen molar-refractivity contribution in [1.29, 1.82) is 0 Å². The van der Waals surface area contributed by atoms with Crippen LogP contribution >= 0.6 is 11.6 Å². The minimum atomic E-state index is 0.552. The van der Waals surface area contributed by atoms with Gasteiger partial charge in [0, 0.05) is 36.4 Å². The lowest BCUT2D eigenvalue weighted by Gasteiger charge is -2.27. The lowest BCUT2D eigenvalue weighted by Crippen LogP contribution is -2.28. The van der Waals surface area contributed by atoms with Gasteiger partial charge in [0.05, 0.1) is 0 Å². The predicted octanol–water partition coefficient (Wildman–Crippen LogP) is 4.22. The summed E-state index contributed by atoms with van der Waals surface area (Å²) in [6, 6.07) is 7.71. The van der Waals surface area contributed by atoms with Gasteiger partial charge in [-0.3, -0.25) is 0 Å². The van der Waals surface area contributed by atoms with Crippen LogP contribution in [0.3, 0.4) is 0 Å². The van der Waals surface area contributed by atoms with E-state index in [1.165, 1.54) is 36.9 Å². The number of anilines is 1. The van der Waals surface area contributed by atoms with Gasteiger partial charge < -0.3 is 10.2 Å². The predicted molar refractivity (Wildman–Crippen MR) is 84.1 cm³/mol. The minimum absolute atomic E-state index is 0.552. The quantitative estimate of drug-likeness (QED) is 0.805. The zero-order chi connectivity index (χ0) is 13.8. The molecule has 0 heterocycles. The van der Waals surface area contributed by atoms with Crippen molar-refractivity contribution < 1.29 is 0 Å². The summed E-state index contributed by atoms with van der Waals surface area (Å²) < 4.78 is 0. The van der Waals surface area contributed by atoms with Crippen molar-refractivity contribution in [2.75, 3.05) is 11.9 Å². The van der Waals surface area contributed by atoms with Crippen LogP contribution in [0.15, 0.2) is 18.2 Å². The van der Waals surface area contributed by atoms with E-state index >= 15 is 0 Å². The second-order valence-electron chi connectivity index (χ2n) is 5.68. The highest BCUT2D eigenvalue weighted by atomic mass is 35.5. The van der Waals surface area contributed by atoms with Gasteiger partial charge >= 0.3 is 0 Å². The van der Waals surface area contributed by atoms with Crippen molar-refractivity contribution in [3.05, 3.63) is 28.8 Å². The van der Waals surface area contributed by atoms with Crippen LogP contribution < -0.4 is 10.2 Å². The third-order valence-electron chi connectivity index (χ3n) is 3.97. The van der Waals surface area contributed by atoms with Gasteiger partial charge in [0.15, 0.2) is 0 Å². The first-order chi connectivity index (χ1) is 9.11. The van der Waals surface area contributed by atoms with Crippen LogP contribution in [0.2, 0.25) is 5.02 Å². The molecule has 1 saturated carbocycles. The fourth-order valence-electron chi connectivity index (χ4n) is 2.31. The molecular formula is C16H25ClN2. The maximum Gasteiger partial charge on any atom is 0.0471 e. The van der Waals surface area contributed by atoms with Crippen molar-refractivity contribution in [1.82, 2.24) is 5.32 Å². The molecule has 1 aliphatic rings. The van der Waals surface area contributed by atoms with Crippen molar-refractivity contribution in [2.24, 2.45) is 0 Å². The van der Waals surface area contributed by atoms with Crippen molar-refractivity contribution in [3.63, 3.8) is 0 Å². The van der Waals surface area contributed by atoms with Crippen molar-refractivity contribution in [3.8, 4) is 0 Å². The molecule has 0 bridgehead atoms. The molecule has 0 radical (unpaired) electrons. The molecule has 0 aromatic heterocycles. The molecular weight excluding hydrogens is 256 g/mol. The van der Waals surface area contributed by atoms with Gasteiger partial charge in [-0.05, 0) is 43.9 Å². The Kier molecular flexibility index (Phi) is 5.12. The van der Waals surface area contributed by atoms with Crippen molar-refractivity contribution in [2.45, 2.75) is 58.2 Å². The molecule has 0 saturated heterocycles. The molecule has 1 aromatic rings. The summed E-state index contributed by atoms with van der Waals surface area (Å²) in [5.41, 5.74) is 2.41. The topological polar surface area (TPSA) is 15.3 Å². The third-order valence-corrected chi connectivity index (χ3v) is 4.32. The van der Waals surface area contributed by atoms with Crippen LogP contribution in [0.25, 0.3) is 0 Å². The molecule has 106 valence electrons. The number of rotatable bonds is 7. The van der Waals surface area contributed by atoms with Crippen LogP contribution in [0.1, 0.15) is 45.1 Å². The van der Waals surface area contributed by atoms with E-state index in [2.05, 4.69) is 49.3 Å². The Labute approximate surface area is 122 Å². The summed E-state index contributed by atoms with van der Waals surface area (Å²) in [6.07, 6.45) is 5.04. The average molecular weight is 281 g/mol. The summed E-state index contributed by atoms with van der Waals surface area (Å²) >= 11 is 6.39. The highest BCUT2D eigenvalue weighted by Gasteiger charge is 2.20. The van der Waals surface area contributed by atoms with Gasteiger partial charge in [-0.1, -0.05) is 31.0 Å². The first-order valence-electron chi connectivity index (χ1n) is 7.36. The SMILES string of the molecule is CCCC(C)N(C)c1ccc(CNC2CC2)c(Cl)c1. The van der Waals surface area contributed by atoms with E-state index in [0.717, 1.165) is 17.6 Å². The van der Waals surface area contributed by atoms with E-state index in [9.17, 15) is 0 Å². The van der Waals surface area contributed by atoms with Gasteiger partial charge in [-0.15, -0.1) is 0 Å². The zero-order valence-electron chi connectivity index (χ0n) is 12.2. The zero-order valence-corrected chi connectivity index (χ0v) is 13.0. The summed E-state index contributed by atoms with van der Waals surface area (Å²) in [6.45, 7) is 5.38. The van der Waals surface area contributed by atoms with Crippen LogP contribution in [0.5, 0.6) is 0 Å². The van der Waals surface area contributed by atoms with Gasteiger partial charge in [0.2, 0.25) is 0 Å². The standard InChI is InChI=1S/C16H25ClN2/c1-4-5-12(2)19(3)15-9-6-13(16(17)10-15)11-18-14-7-8-14/h6,9-10,12,14,18H,4-5,7-8,11H2,1-3H3. The number of nitrogens with one attached hydrogen (secondary N) is 1. The molecule has 1 fully saturated rings. The molecule has 3 heteroatoms. The monoisotopic (exact) mass is 280 g/mol. The Bertz CT molecular complexity index is 415. The Hall–Kier alpha value is -0.730. The molecule has 1 atom stereocenters. The first-order valence-corrected chi connectivity index (χ1v) is 7.74. The largest absolute Gasteiger partial charge is 0.372 e. The van der Waals surface area contributed by atoms with Gasteiger partial charge in [-0.2, -0.15) is 0 Å². The Morgan fingerprint density at radius 3 is 2.74 bits per heavy atom. The molecule has 2 rings (SSSR count). The fraction of sp³-hybridized carbons (Fsp3) is 0.625. The molecule has 1 N–H and O–H groups in total. The van der Waals surface area contributed by atoms with Gasteiger partial charge in [0.25, 0.3) is 0 Å². The number of hydrogen-bond acceptors (Lipinski definition) is 2. The molecule has 0 amide bonds. The van der Waals surface area contributed by atoms with E-state index in [1.54, 1.807) is 0 Å². The molecule has 1 aromatic carbocycles. The van der Waals surface area contributed by atoms with Gasteiger partial charge in [-0.25, -0.2) is 0 Å². The van der Waals surface area contributed by atoms with E-state index in [1.807, 2.05) is 0 Å². The lowest BCUT2D eigenvalue weighted by atomic mass is 10.1. The molecule has 0 spiro atoms. The highest BCUT2D eigenvalue weighted by Crippen LogP contribution is 2.26. The van der Waals surface area contributed by atoms with Crippen LogP contribution in [0, 0.1) is 0 Å². The van der Waals surface area contributed by atoms with Crippen LogP contribution in [0.4, 0.5) is 5.69 Å². The Morgan fingerprint density at radius 2 is 2.16 bits per heavy atom. The summed E-state index contributed by atoms with van der Waals surface area (Å²) in [4.78, 5) is 2.31. The van der Waals surface area contributed by atoms with Crippen molar-refractivity contribution >= 4 is 17.3 Å². The maximum atomic E-state index is 6.39. The van der Waals surface area contributed by atoms with E-state index in [4.69, 9.17) is 11.6 Å². The first kappa shape index (κ1) is 14.7. The maximum absolute atomic E-state index is 6.39. The number of nitrogens with zero attached hydrogens (tertiary/aromatic N) is 1. The van der Waals surface area contributed by atoms with E-state index < -0.39 is 0 Å². The second kappa shape index (κ2) is 6.62. The Balaban J connectivity index is 1.99. The third kappa shape index (κ3) is 4.12. The normalized spacial score (nSPS) is 16.4. The average Bonchev–Trinajstić information content (AvgIpc) is 3.20. The number of benzene rings is 1. The molecule has 0 aliphatic heterocycles. The summed E-state index contributed by atoms with van der Waals surface area (Å²) in [5, 5.41) is 4.38. The fourth-order valence-corrected chi connectivity index (χ4v) is 2.55. The Morgan fingerprint density at radius 1 is 1.42 bits per heavy atom. The molecule has 2 nitrogen and oxygen atoms in total. The lowest BCUT2D eigenvalue weighted by molar-refractivity contribution is 0.616. The second-order valence-corrected chi connectivity index (χ2v) is 6.09. The minimum Gasteiger partial charge on any atom is -0.372 e. The molecule has 1 unspecified atom stereocenters. The summed E-state index contributed by atoms with van der Waals surface area (Å²) in [7, 11) is 2.15. The molecule has 1 aliphatic carbocycles. The highest BCUT2D eigenvalue weighted by molar-refractivity contribution is 6.31. The van der Waals surface area contributed by atoms with Gasteiger partial charge in [0.1, 0.15) is 0 Å².